The van der Waals surface area contributed by atoms with Crippen LogP contribution in [0.2, 0.25) is 0 Å². The van der Waals surface area contributed by atoms with Crippen LogP contribution in [0.25, 0.3) is 0 Å². The SMILES string of the molecule is CC(C)OCCCc1c(C(=O)NCCC(N)OC(C)C)cc(N)c(O)c1N. The van der Waals surface area contributed by atoms with Crippen LogP contribution >= 0.6 is 0 Å². The van der Waals surface area contributed by atoms with E-state index in [4.69, 9.17) is 26.7 Å². The van der Waals surface area contributed by atoms with Gasteiger partial charge in [0.2, 0.25) is 0 Å². The van der Waals surface area contributed by atoms with Gasteiger partial charge in [-0.25, -0.2) is 0 Å². The molecule has 1 unspecified atom stereocenters. The van der Waals surface area contributed by atoms with E-state index in [2.05, 4.69) is 5.32 Å². The van der Waals surface area contributed by atoms with Gasteiger partial charge in [0.25, 0.3) is 5.91 Å². The lowest BCUT2D eigenvalue weighted by Gasteiger charge is -2.18. The lowest BCUT2D eigenvalue weighted by Crippen LogP contribution is -2.33. The summed E-state index contributed by atoms with van der Waals surface area (Å²) in [6, 6.07) is 1.45. The summed E-state index contributed by atoms with van der Waals surface area (Å²) >= 11 is 0. The van der Waals surface area contributed by atoms with E-state index in [1.807, 2.05) is 27.7 Å². The molecule has 0 aliphatic rings. The molecule has 0 spiro atoms. The summed E-state index contributed by atoms with van der Waals surface area (Å²) in [4.78, 5) is 12.6. The van der Waals surface area contributed by atoms with E-state index in [0.717, 1.165) is 0 Å². The van der Waals surface area contributed by atoms with Crippen molar-refractivity contribution >= 4 is 17.3 Å². The molecular weight excluding hydrogens is 348 g/mol. The molecule has 1 aromatic carbocycles. The summed E-state index contributed by atoms with van der Waals surface area (Å²) < 4.78 is 11.0. The van der Waals surface area contributed by atoms with Gasteiger partial charge in [-0.1, -0.05) is 0 Å². The molecule has 8 heteroatoms. The first-order valence-corrected chi connectivity index (χ1v) is 9.34. The number of rotatable bonds is 11. The molecule has 0 aliphatic carbocycles. The molecule has 1 amide bonds. The van der Waals surface area contributed by atoms with Crippen molar-refractivity contribution in [3.63, 3.8) is 0 Å². The molecule has 1 atom stereocenters. The largest absolute Gasteiger partial charge is 0.504 e. The Labute approximate surface area is 161 Å². The fraction of sp³-hybridized carbons (Fsp3) is 0.632. The maximum absolute atomic E-state index is 12.6. The second kappa shape index (κ2) is 11.0. The third-order valence-electron chi connectivity index (χ3n) is 3.91. The first kappa shape index (κ1) is 23.0. The van der Waals surface area contributed by atoms with Gasteiger partial charge in [-0.3, -0.25) is 4.79 Å². The van der Waals surface area contributed by atoms with E-state index in [1.165, 1.54) is 6.07 Å². The highest BCUT2D eigenvalue weighted by Gasteiger charge is 2.19. The highest BCUT2D eigenvalue weighted by Crippen LogP contribution is 2.34. The number of phenols is 1. The number of nitrogens with two attached hydrogens (primary N) is 3. The van der Waals surface area contributed by atoms with Crippen molar-refractivity contribution in [2.75, 3.05) is 24.6 Å². The zero-order valence-electron chi connectivity index (χ0n) is 16.7. The van der Waals surface area contributed by atoms with Gasteiger partial charge in [0.1, 0.15) is 6.23 Å². The third-order valence-corrected chi connectivity index (χ3v) is 3.91. The quantitative estimate of drug-likeness (QED) is 0.169. The maximum Gasteiger partial charge on any atom is 0.251 e. The van der Waals surface area contributed by atoms with Crippen molar-refractivity contribution in [2.45, 2.75) is 65.4 Å². The van der Waals surface area contributed by atoms with Crippen molar-refractivity contribution in [1.82, 2.24) is 5.32 Å². The summed E-state index contributed by atoms with van der Waals surface area (Å²) in [6.07, 6.45) is 1.33. The van der Waals surface area contributed by atoms with Crippen LogP contribution in [-0.2, 0) is 15.9 Å². The Morgan fingerprint density at radius 2 is 1.89 bits per heavy atom. The molecule has 8 nitrogen and oxygen atoms in total. The Bertz CT molecular complexity index is 620. The predicted octanol–water partition coefficient (Wildman–Crippen LogP) is 1.74. The van der Waals surface area contributed by atoms with E-state index < -0.39 is 6.23 Å². The number of hydrogen-bond donors (Lipinski definition) is 5. The zero-order chi connectivity index (χ0) is 20.6. The minimum atomic E-state index is -0.451. The summed E-state index contributed by atoms with van der Waals surface area (Å²) in [5.74, 6) is -0.511. The van der Waals surface area contributed by atoms with Crippen molar-refractivity contribution in [2.24, 2.45) is 5.73 Å². The number of hydrogen-bond acceptors (Lipinski definition) is 7. The van der Waals surface area contributed by atoms with Crippen molar-refractivity contribution in [3.05, 3.63) is 17.2 Å². The number of aromatic hydroxyl groups is 1. The predicted molar refractivity (Wildman–Crippen MR) is 107 cm³/mol. The molecule has 0 aromatic heterocycles. The highest BCUT2D eigenvalue weighted by atomic mass is 16.5. The van der Waals surface area contributed by atoms with Gasteiger partial charge in [0.15, 0.2) is 5.75 Å². The second-order valence-electron chi connectivity index (χ2n) is 7.05. The smallest absolute Gasteiger partial charge is 0.251 e. The summed E-state index contributed by atoms with van der Waals surface area (Å²) in [7, 11) is 0. The minimum Gasteiger partial charge on any atom is -0.504 e. The molecule has 0 radical (unpaired) electrons. The Kier molecular flexibility index (Phi) is 9.34. The Hall–Kier alpha value is -2.03. The van der Waals surface area contributed by atoms with Crippen LogP contribution in [0.1, 0.15) is 56.5 Å². The number of nitrogen functional groups attached to an aromatic ring is 2. The highest BCUT2D eigenvalue weighted by molar-refractivity contribution is 5.99. The van der Waals surface area contributed by atoms with Gasteiger partial charge < -0.3 is 37.1 Å². The third kappa shape index (κ3) is 7.62. The van der Waals surface area contributed by atoms with Crippen molar-refractivity contribution in [1.29, 1.82) is 0 Å². The molecule has 0 bridgehead atoms. The number of anilines is 2. The topological polar surface area (TPSA) is 146 Å². The molecule has 154 valence electrons. The number of carbonyl (C=O) groups excluding carboxylic acids is 1. The zero-order valence-corrected chi connectivity index (χ0v) is 16.7. The van der Waals surface area contributed by atoms with Crippen LogP contribution in [0, 0.1) is 0 Å². The number of ether oxygens (including phenoxy) is 2. The van der Waals surface area contributed by atoms with Crippen LogP contribution in [0.3, 0.4) is 0 Å². The van der Waals surface area contributed by atoms with Crippen LogP contribution < -0.4 is 22.5 Å². The lowest BCUT2D eigenvalue weighted by atomic mass is 9.98. The average Bonchev–Trinajstić information content (AvgIpc) is 2.56. The number of benzene rings is 1. The molecule has 8 N–H and O–H groups in total. The van der Waals surface area contributed by atoms with E-state index in [0.29, 0.717) is 43.5 Å². The molecule has 0 saturated carbocycles. The van der Waals surface area contributed by atoms with E-state index in [1.54, 1.807) is 0 Å². The Morgan fingerprint density at radius 1 is 1.22 bits per heavy atom. The molecular formula is C19H34N4O4. The maximum atomic E-state index is 12.6. The standard InChI is InChI=1S/C19H34N4O4/c1-11(2)26-9-5-6-13-14(10-15(20)18(24)17(13)22)19(25)23-8-7-16(21)27-12(3)4/h10-12,16,24H,5-9,20-22H2,1-4H3,(H,23,25). The van der Waals surface area contributed by atoms with Gasteiger partial charge >= 0.3 is 0 Å². The lowest BCUT2D eigenvalue weighted by molar-refractivity contribution is 0.00765. The molecule has 0 saturated heterocycles. The van der Waals surface area contributed by atoms with Gasteiger partial charge in [-0.15, -0.1) is 0 Å². The van der Waals surface area contributed by atoms with E-state index in [-0.39, 0.29) is 35.2 Å². The number of phenolic OH excluding ortho intramolecular Hbond substituents is 1. The summed E-state index contributed by atoms with van der Waals surface area (Å²) in [6.45, 7) is 8.59. The molecule has 1 aromatic rings. The molecule has 27 heavy (non-hydrogen) atoms. The van der Waals surface area contributed by atoms with Gasteiger partial charge in [-0.05, 0) is 52.2 Å². The number of carbonyl (C=O) groups is 1. The van der Waals surface area contributed by atoms with Gasteiger partial charge in [0, 0.05) is 25.1 Å². The normalized spacial score (nSPS) is 12.6. The van der Waals surface area contributed by atoms with Crippen LogP contribution in [0.5, 0.6) is 5.75 Å². The molecule has 0 fully saturated rings. The summed E-state index contributed by atoms with van der Waals surface area (Å²) in [5, 5.41) is 12.8. The monoisotopic (exact) mass is 382 g/mol. The van der Waals surface area contributed by atoms with Crippen molar-refractivity contribution in [3.8, 4) is 5.75 Å². The van der Waals surface area contributed by atoms with Gasteiger partial charge in [0.05, 0.1) is 23.6 Å². The van der Waals surface area contributed by atoms with Crippen molar-refractivity contribution < 1.29 is 19.4 Å². The Balaban J connectivity index is 2.80. The first-order chi connectivity index (χ1) is 12.6. The molecule has 0 aliphatic heterocycles. The van der Waals surface area contributed by atoms with E-state index >= 15 is 0 Å². The van der Waals surface area contributed by atoms with Crippen LogP contribution in [0.4, 0.5) is 11.4 Å². The molecule has 0 heterocycles. The second-order valence-corrected chi connectivity index (χ2v) is 7.05. The first-order valence-electron chi connectivity index (χ1n) is 9.34. The average molecular weight is 383 g/mol. The number of nitrogens with one attached hydrogen (secondary N) is 1. The minimum absolute atomic E-state index is 0.0204. The number of amides is 1. The Morgan fingerprint density at radius 3 is 2.48 bits per heavy atom. The summed E-state index contributed by atoms with van der Waals surface area (Å²) in [5.41, 5.74) is 18.7. The van der Waals surface area contributed by atoms with Gasteiger partial charge in [-0.2, -0.15) is 0 Å². The van der Waals surface area contributed by atoms with Crippen LogP contribution in [0.15, 0.2) is 6.07 Å². The van der Waals surface area contributed by atoms with E-state index in [9.17, 15) is 9.90 Å². The fourth-order valence-electron chi connectivity index (χ4n) is 2.64. The van der Waals surface area contributed by atoms with Crippen LogP contribution in [-0.4, -0.2) is 42.6 Å². The fourth-order valence-corrected chi connectivity index (χ4v) is 2.64. The molecule has 1 rings (SSSR count).